The number of nitrogens with zero attached hydrogens (tertiary/aromatic N) is 1. The summed E-state index contributed by atoms with van der Waals surface area (Å²) >= 11 is 0. The van der Waals surface area contributed by atoms with Crippen LogP contribution in [0.2, 0.25) is 0 Å². The number of allylic oxidation sites excluding steroid dienone is 2. The van der Waals surface area contributed by atoms with Crippen molar-refractivity contribution in [2.24, 2.45) is 4.99 Å². The van der Waals surface area contributed by atoms with Gasteiger partial charge in [0, 0.05) is 16.9 Å². The summed E-state index contributed by atoms with van der Waals surface area (Å²) in [5, 5.41) is 3.48. The quantitative estimate of drug-likeness (QED) is 0.706. The molecule has 0 atom stereocenters. The minimum atomic E-state index is -0.00659. The van der Waals surface area contributed by atoms with E-state index in [1.165, 1.54) is 11.3 Å². The molecule has 0 radical (unpaired) electrons. The molecule has 16 heavy (non-hydrogen) atoms. The van der Waals surface area contributed by atoms with Crippen molar-refractivity contribution in [3.63, 3.8) is 0 Å². The van der Waals surface area contributed by atoms with Gasteiger partial charge in [0.25, 0.3) is 0 Å². The molecule has 0 aliphatic heterocycles. The van der Waals surface area contributed by atoms with Gasteiger partial charge in [0.2, 0.25) is 0 Å². The number of aliphatic imine (C=N–C) groups is 1. The Labute approximate surface area is 101 Å². The van der Waals surface area contributed by atoms with E-state index < -0.39 is 0 Å². The molecule has 0 amide bonds. The number of rotatable bonds is 2. The molecule has 0 aromatic rings. The predicted molar refractivity (Wildman–Crippen MR) is 74.1 cm³/mol. The van der Waals surface area contributed by atoms with E-state index >= 15 is 0 Å². The second-order valence-electron chi connectivity index (χ2n) is 6.49. The van der Waals surface area contributed by atoms with Gasteiger partial charge in [-0.25, -0.2) is 0 Å². The maximum Gasteiger partial charge on any atom is 0.0527 e. The maximum absolute atomic E-state index is 4.68. The monoisotopic (exact) mass is 224 g/mol. The molecule has 2 heteroatoms. The third-order valence-electron chi connectivity index (χ3n) is 2.17. The molecule has 0 fully saturated rings. The molecule has 94 valence electrons. The van der Waals surface area contributed by atoms with E-state index in [0.717, 1.165) is 5.71 Å². The zero-order chi connectivity index (χ0) is 13.1. The van der Waals surface area contributed by atoms with E-state index in [1.807, 2.05) is 0 Å². The van der Waals surface area contributed by atoms with Gasteiger partial charge in [-0.3, -0.25) is 4.99 Å². The van der Waals surface area contributed by atoms with Gasteiger partial charge in [0.05, 0.1) is 5.54 Å². The first-order valence-electron chi connectivity index (χ1n) is 5.95. The van der Waals surface area contributed by atoms with E-state index in [4.69, 9.17) is 0 Å². The van der Waals surface area contributed by atoms with Crippen LogP contribution < -0.4 is 5.32 Å². The van der Waals surface area contributed by atoms with Crippen LogP contribution in [-0.2, 0) is 0 Å². The van der Waals surface area contributed by atoms with Gasteiger partial charge in [-0.2, -0.15) is 0 Å². The third kappa shape index (κ3) is 6.65. The fourth-order valence-electron chi connectivity index (χ4n) is 1.51. The molecule has 0 saturated heterocycles. The highest BCUT2D eigenvalue weighted by Gasteiger charge is 2.13. The van der Waals surface area contributed by atoms with Crippen LogP contribution in [-0.4, -0.2) is 16.8 Å². The van der Waals surface area contributed by atoms with Gasteiger partial charge in [0.1, 0.15) is 0 Å². The molecule has 0 saturated carbocycles. The minimum Gasteiger partial charge on any atom is -0.384 e. The first kappa shape index (κ1) is 15.2. The average molecular weight is 224 g/mol. The number of hydrogen-bond acceptors (Lipinski definition) is 2. The molecule has 0 aromatic heterocycles. The largest absolute Gasteiger partial charge is 0.384 e. The van der Waals surface area contributed by atoms with E-state index in [1.54, 1.807) is 0 Å². The predicted octanol–water partition coefficient (Wildman–Crippen LogP) is 3.93. The lowest BCUT2D eigenvalue weighted by atomic mass is 10.0. The van der Waals surface area contributed by atoms with Gasteiger partial charge in [-0.1, -0.05) is 0 Å². The van der Waals surface area contributed by atoms with Crippen molar-refractivity contribution in [2.45, 2.75) is 73.4 Å². The van der Waals surface area contributed by atoms with Gasteiger partial charge in [-0.15, -0.1) is 0 Å². The highest BCUT2D eigenvalue weighted by atomic mass is 15.0. The van der Waals surface area contributed by atoms with Crippen LogP contribution in [0.25, 0.3) is 0 Å². The maximum atomic E-state index is 4.68. The summed E-state index contributed by atoms with van der Waals surface area (Å²) < 4.78 is 0. The van der Waals surface area contributed by atoms with Crippen molar-refractivity contribution in [2.75, 3.05) is 0 Å². The van der Waals surface area contributed by atoms with Crippen molar-refractivity contribution in [3.8, 4) is 0 Å². The van der Waals surface area contributed by atoms with Crippen LogP contribution in [0.15, 0.2) is 16.3 Å². The fourth-order valence-corrected chi connectivity index (χ4v) is 1.51. The molecule has 0 aliphatic rings. The van der Waals surface area contributed by atoms with Crippen molar-refractivity contribution in [1.29, 1.82) is 0 Å². The number of hydrogen-bond donors (Lipinski definition) is 1. The smallest absolute Gasteiger partial charge is 0.0527 e. The zero-order valence-electron chi connectivity index (χ0n) is 12.4. The Bertz CT molecular complexity index is 296. The van der Waals surface area contributed by atoms with E-state index in [0.29, 0.717) is 0 Å². The van der Waals surface area contributed by atoms with E-state index in [2.05, 4.69) is 72.6 Å². The van der Waals surface area contributed by atoms with Gasteiger partial charge >= 0.3 is 0 Å². The lowest BCUT2D eigenvalue weighted by Gasteiger charge is -2.24. The highest BCUT2D eigenvalue weighted by molar-refractivity contribution is 5.98. The van der Waals surface area contributed by atoms with Crippen LogP contribution in [0.4, 0.5) is 0 Å². The molecule has 0 unspecified atom stereocenters. The molecule has 0 spiro atoms. The molecular formula is C14H28N2. The lowest BCUT2D eigenvalue weighted by molar-refractivity contribution is 0.472. The SMILES string of the molecule is CC(=NC(C)(C)C)C(C)=C(C)NC(C)(C)C. The molecule has 1 N–H and O–H groups in total. The van der Waals surface area contributed by atoms with E-state index in [9.17, 15) is 0 Å². The number of nitrogens with one attached hydrogen (secondary N) is 1. The summed E-state index contributed by atoms with van der Waals surface area (Å²) in [7, 11) is 0. The fraction of sp³-hybridized carbons (Fsp3) is 0.786. The standard InChI is InChI=1S/C14H28N2/c1-10(11(2)15-13(4,5)6)12(3)16-14(7,8)9/h15H,1-9H3. The van der Waals surface area contributed by atoms with Crippen LogP contribution >= 0.6 is 0 Å². The van der Waals surface area contributed by atoms with Gasteiger partial charge in [0.15, 0.2) is 0 Å². The van der Waals surface area contributed by atoms with Gasteiger partial charge < -0.3 is 5.32 Å². The van der Waals surface area contributed by atoms with Crippen molar-refractivity contribution in [3.05, 3.63) is 11.3 Å². The first-order valence-corrected chi connectivity index (χ1v) is 5.95. The van der Waals surface area contributed by atoms with Crippen molar-refractivity contribution >= 4 is 5.71 Å². The summed E-state index contributed by atoms with van der Waals surface area (Å²) in [6, 6.07) is 0. The normalized spacial score (nSPS) is 15.9. The van der Waals surface area contributed by atoms with Crippen molar-refractivity contribution in [1.82, 2.24) is 5.32 Å². The Kier molecular flexibility index (Phi) is 4.78. The Balaban J connectivity index is 4.97. The summed E-state index contributed by atoms with van der Waals surface area (Å²) in [4.78, 5) is 4.68. The van der Waals surface area contributed by atoms with Crippen LogP contribution in [0.5, 0.6) is 0 Å². The second-order valence-corrected chi connectivity index (χ2v) is 6.49. The highest BCUT2D eigenvalue weighted by Crippen LogP contribution is 2.13. The first-order chi connectivity index (χ1) is 6.92. The summed E-state index contributed by atoms with van der Waals surface area (Å²) in [6.07, 6.45) is 0. The topological polar surface area (TPSA) is 24.4 Å². The van der Waals surface area contributed by atoms with E-state index in [-0.39, 0.29) is 11.1 Å². The summed E-state index contributed by atoms with van der Waals surface area (Å²) in [6.45, 7) is 19.2. The average Bonchev–Trinajstić information content (AvgIpc) is 1.96. The molecule has 0 aromatic carbocycles. The summed E-state index contributed by atoms with van der Waals surface area (Å²) in [5.74, 6) is 0. The zero-order valence-corrected chi connectivity index (χ0v) is 12.4. The molecule has 0 bridgehead atoms. The molecule has 0 heterocycles. The molecular weight excluding hydrogens is 196 g/mol. The van der Waals surface area contributed by atoms with Gasteiger partial charge in [-0.05, 0) is 67.9 Å². The molecule has 0 aliphatic carbocycles. The second kappa shape index (κ2) is 5.03. The van der Waals surface area contributed by atoms with Crippen LogP contribution in [0, 0.1) is 0 Å². The Morgan fingerprint density at radius 3 is 1.62 bits per heavy atom. The Morgan fingerprint density at radius 1 is 0.875 bits per heavy atom. The molecule has 0 rings (SSSR count). The minimum absolute atomic E-state index is 0.00659. The lowest BCUT2D eigenvalue weighted by Crippen LogP contribution is -2.35. The third-order valence-corrected chi connectivity index (χ3v) is 2.17. The Morgan fingerprint density at radius 2 is 1.31 bits per heavy atom. The van der Waals surface area contributed by atoms with Crippen LogP contribution in [0.3, 0.4) is 0 Å². The Hall–Kier alpha value is -0.790. The molecule has 2 nitrogen and oxygen atoms in total. The summed E-state index contributed by atoms with van der Waals surface area (Å²) in [5.41, 5.74) is 3.66. The van der Waals surface area contributed by atoms with Crippen molar-refractivity contribution < 1.29 is 0 Å². The van der Waals surface area contributed by atoms with Crippen LogP contribution in [0.1, 0.15) is 62.3 Å².